The predicted molar refractivity (Wildman–Crippen MR) is 154 cm³/mol. The Morgan fingerprint density at radius 1 is 0.921 bits per heavy atom. The Kier molecular flexibility index (Phi) is 7.85. The molecule has 5 rings (SSSR count). The van der Waals surface area contributed by atoms with Gasteiger partial charge in [-0.1, -0.05) is 41.9 Å². The first-order chi connectivity index (χ1) is 18.3. The number of fused-ring (bicyclic) bond motifs is 1. The third kappa shape index (κ3) is 5.41. The minimum Gasteiger partial charge on any atom is -0.497 e. The van der Waals surface area contributed by atoms with Crippen molar-refractivity contribution in [3.63, 3.8) is 0 Å². The van der Waals surface area contributed by atoms with Crippen molar-refractivity contribution in [1.29, 1.82) is 0 Å². The second kappa shape index (κ2) is 11.2. The Morgan fingerprint density at radius 2 is 1.61 bits per heavy atom. The molecule has 1 heterocycles. The number of halogens is 1. The van der Waals surface area contributed by atoms with Crippen LogP contribution in [0.4, 0.5) is 0 Å². The van der Waals surface area contributed by atoms with Crippen molar-refractivity contribution in [1.82, 2.24) is 9.78 Å². The number of carbonyl (C=O) groups is 1. The molecule has 5 aromatic rings. The van der Waals surface area contributed by atoms with Crippen LogP contribution in [0.5, 0.6) is 5.75 Å². The molecule has 5 nitrogen and oxygen atoms in total. The first-order valence-electron chi connectivity index (χ1n) is 11.9. The summed E-state index contributed by atoms with van der Waals surface area (Å²) in [6.07, 6.45) is 8.00. The molecule has 190 valence electrons. The van der Waals surface area contributed by atoms with Crippen LogP contribution in [0.25, 0.3) is 33.3 Å². The average Bonchev–Trinajstić information content (AvgIpc) is 3.38. The van der Waals surface area contributed by atoms with E-state index in [-0.39, 0.29) is 11.6 Å². The van der Waals surface area contributed by atoms with Crippen LogP contribution in [-0.4, -0.2) is 28.0 Å². The van der Waals surface area contributed by atoms with Crippen LogP contribution in [0.1, 0.15) is 34.5 Å². The van der Waals surface area contributed by atoms with Gasteiger partial charge in [-0.25, -0.2) is 4.79 Å². The number of carboxylic acids is 1. The first kappa shape index (κ1) is 26.5. The second-order valence-corrected chi connectivity index (χ2v) is 9.34. The zero-order chi connectivity index (χ0) is 27.4. The fourth-order valence-electron chi connectivity index (χ4n) is 4.49. The van der Waals surface area contributed by atoms with Crippen molar-refractivity contribution in [2.45, 2.75) is 19.9 Å². The van der Waals surface area contributed by atoms with Crippen LogP contribution >= 0.6 is 11.6 Å². The highest BCUT2D eigenvalue weighted by Gasteiger charge is 2.19. The van der Waals surface area contributed by atoms with Crippen LogP contribution in [0.15, 0.2) is 84.9 Å². The molecule has 0 aliphatic rings. The number of terminal acetylenes is 1. The largest absolute Gasteiger partial charge is 0.497 e. The maximum Gasteiger partial charge on any atom is 0.335 e. The summed E-state index contributed by atoms with van der Waals surface area (Å²) in [5.74, 6) is -0.127. The van der Waals surface area contributed by atoms with E-state index in [2.05, 4.69) is 50.1 Å². The third-order valence-corrected chi connectivity index (χ3v) is 6.64. The zero-order valence-electron chi connectivity index (χ0n) is 21.4. The van der Waals surface area contributed by atoms with Crippen LogP contribution < -0.4 is 4.74 Å². The molecule has 0 aliphatic carbocycles. The van der Waals surface area contributed by atoms with E-state index >= 15 is 0 Å². The topological polar surface area (TPSA) is 64.4 Å². The van der Waals surface area contributed by atoms with Gasteiger partial charge in [0.25, 0.3) is 0 Å². The van der Waals surface area contributed by atoms with Gasteiger partial charge in [-0.2, -0.15) is 5.10 Å². The molecule has 0 radical (unpaired) electrons. The Morgan fingerprint density at radius 3 is 2.26 bits per heavy atom. The average molecular weight is 523 g/mol. The second-order valence-electron chi connectivity index (χ2n) is 8.91. The van der Waals surface area contributed by atoms with E-state index in [1.165, 1.54) is 0 Å². The van der Waals surface area contributed by atoms with Gasteiger partial charge in [0.05, 0.1) is 30.1 Å². The summed E-state index contributed by atoms with van der Waals surface area (Å²) in [6, 6.07) is 27.1. The molecular weight excluding hydrogens is 496 g/mol. The monoisotopic (exact) mass is 522 g/mol. The smallest absolute Gasteiger partial charge is 0.335 e. The molecule has 0 fully saturated rings. The molecule has 0 bridgehead atoms. The minimum absolute atomic E-state index is 0.136. The quantitative estimate of drug-likeness (QED) is 0.230. The lowest BCUT2D eigenvalue weighted by Crippen LogP contribution is -2.10. The molecule has 0 unspecified atom stereocenters. The summed E-state index contributed by atoms with van der Waals surface area (Å²) >= 11 is 6.36. The van der Waals surface area contributed by atoms with E-state index < -0.39 is 5.97 Å². The number of nitrogens with zero attached hydrogens (tertiary/aromatic N) is 2. The number of carboxylic acid groups (broad SMARTS) is 1. The molecule has 0 spiro atoms. The van der Waals surface area contributed by atoms with E-state index in [1.54, 1.807) is 19.2 Å². The Bertz CT molecular complexity index is 1610. The van der Waals surface area contributed by atoms with Gasteiger partial charge in [-0.15, -0.1) is 12.8 Å². The van der Waals surface area contributed by atoms with Crippen molar-refractivity contribution < 1.29 is 14.6 Å². The number of ether oxygens (including phenoxy) is 1. The van der Waals surface area contributed by atoms with Crippen LogP contribution in [0, 0.1) is 19.8 Å². The summed E-state index contributed by atoms with van der Waals surface area (Å²) in [6.45, 7) is 4.07. The van der Waals surface area contributed by atoms with Crippen LogP contribution in [0.2, 0.25) is 5.02 Å². The van der Waals surface area contributed by atoms with Gasteiger partial charge in [0, 0.05) is 16.1 Å². The van der Waals surface area contributed by atoms with E-state index in [9.17, 15) is 9.90 Å². The number of benzene rings is 4. The van der Waals surface area contributed by atoms with Gasteiger partial charge in [-0.05, 0) is 90.3 Å². The highest BCUT2D eigenvalue weighted by atomic mass is 35.5. The van der Waals surface area contributed by atoms with Gasteiger partial charge >= 0.3 is 5.97 Å². The van der Waals surface area contributed by atoms with Gasteiger partial charge in [0.2, 0.25) is 0 Å². The number of hydrogen-bond donors (Lipinski definition) is 1. The number of rotatable bonds is 6. The summed E-state index contributed by atoms with van der Waals surface area (Å²) in [7, 11) is 1.66. The molecular formula is C32H27ClN2O3. The van der Waals surface area contributed by atoms with E-state index in [1.807, 2.05) is 54.1 Å². The predicted octanol–water partition coefficient (Wildman–Crippen LogP) is 7.90. The highest BCUT2D eigenvalue weighted by Crippen LogP contribution is 2.34. The van der Waals surface area contributed by atoms with Crippen LogP contribution in [-0.2, 0) is 0 Å². The van der Waals surface area contributed by atoms with Crippen molar-refractivity contribution in [3.8, 4) is 41.1 Å². The Hall–Kier alpha value is -4.53. The molecule has 6 heteroatoms. The number of aromatic carboxylic acids is 1. The SMILES string of the molecule is C#C.COc1ccc2cc(-c3cc(-c4cc(C)cc(Cl)c4)nn3[C@@H](C)c3ccc(C(=O)O)cc3)ccc2c1. The van der Waals surface area contributed by atoms with Crippen LogP contribution in [0.3, 0.4) is 0 Å². The molecule has 1 aromatic heterocycles. The molecule has 1 atom stereocenters. The maximum absolute atomic E-state index is 11.3. The summed E-state index contributed by atoms with van der Waals surface area (Å²) < 4.78 is 7.36. The number of aryl methyl sites for hydroxylation is 1. The minimum atomic E-state index is -0.944. The lowest BCUT2D eigenvalue weighted by atomic mass is 10.0. The molecule has 1 N–H and O–H groups in total. The van der Waals surface area contributed by atoms with E-state index in [4.69, 9.17) is 21.4 Å². The maximum atomic E-state index is 11.3. The fourth-order valence-corrected chi connectivity index (χ4v) is 4.78. The van der Waals surface area contributed by atoms with E-state index in [0.717, 1.165) is 50.2 Å². The normalized spacial score (nSPS) is 11.4. The molecule has 0 saturated heterocycles. The fraction of sp³-hybridized carbons (Fsp3) is 0.125. The summed E-state index contributed by atoms with van der Waals surface area (Å²) in [4.78, 5) is 11.3. The first-order valence-corrected chi connectivity index (χ1v) is 12.3. The van der Waals surface area contributed by atoms with E-state index in [0.29, 0.717) is 5.02 Å². The zero-order valence-corrected chi connectivity index (χ0v) is 22.1. The van der Waals surface area contributed by atoms with Crippen molar-refractivity contribution in [2.24, 2.45) is 0 Å². The summed E-state index contributed by atoms with van der Waals surface area (Å²) in [5, 5.41) is 17.1. The van der Waals surface area contributed by atoms with Crippen molar-refractivity contribution in [2.75, 3.05) is 7.11 Å². The van der Waals surface area contributed by atoms with Gasteiger partial charge < -0.3 is 9.84 Å². The van der Waals surface area contributed by atoms with Crippen molar-refractivity contribution in [3.05, 3.63) is 107 Å². The highest BCUT2D eigenvalue weighted by molar-refractivity contribution is 6.31. The van der Waals surface area contributed by atoms with Crippen molar-refractivity contribution >= 4 is 28.3 Å². The molecule has 38 heavy (non-hydrogen) atoms. The number of methoxy groups -OCH3 is 1. The lowest BCUT2D eigenvalue weighted by molar-refractivity contribution is 0.0697. The van der Waals surface area contributed by atoms with Gasteiger partial charge in [0.15, 0.2) is 0 Å². The molecule has 0 saturated carbocycles. The number of hydrogen-bond acceptors (Lipinski definition) is 3. The summed E-state index contributed by atoms with van der Waals surface area (Å²) in [5.41, 5.74) is 6.02. The number of aromatic nitrogens is 2. The molecule has 0 amide bonds. The molecule has 4 aromatic carbocycles. The van der Waals surface area contributed by atoms with Gasteiger partial charge in [0.1, 0.15) is 5.75 Å². The Balaban J connectivity index is 0.00000164. The lowest BCUT2D eigenvalue weighted by Gasteiger charge is -2.17. The Labute approximate surface area is 227 Å². The molecule has 0 aliphatic heterocycles. The standard InChI is InChI=1S/C30H25ClN2O3.C2H2/c1-18-12-25(15-26(31)13-18)28-17-29(24-9-8-23-16-27(36-3)11-10-22(23)14-24)33(32-28)19(2)20-4-6-21(7-5-20)30(34)35;1-2/h4-17,19H,1-3H3,(H,34,35);1-2H/t19-;/m0./s1. The third-order valence-electron chi connectivity index (χ3n) is 6.42. The van der Waals surface area contributed by atoms with Gasteiger partial charge in [-0.3, -0.25) is 4.68 Å².